The quantitative estimate of drug-likeness (QED) is 0.0962. The monoisotopic (exact) mass is 776 g/mol. The van der Waals surface area contributed by atoms with Gasteiger partial charge >= 0.3 is 0 Å². The van der Waals surface area contributed by atoms with Crippen molar-refractivity contribution in [1.82, 2.24) is 0 Å². The third-order valence-corrected chi connectivity index (χ3v) is 10.8. The van der Waals surface area contributed by atoms with Crippen molar-refractivity contribution >= 4 is 9.84 Å². The number of halogens is 4. The molecule has 0 radical (unpaired) electrons. The summed E-state index contributed by atoms with van der Waals surface area (Å²) < 4.78 is 106. The molecule has 7 rings (SSSR count). The van der Waals surface area contributed by atoms with Crippen molar-refractivity contribution in [1.29, 1.82) is 0 Å². The molecule has 7 aromatic rings. The maximum Gasteiger partial charge on any atom is 0.206 e. The Bertz CT molecular complexity index is 2600. The Kier molecular flexibility index (Phi) is 10.5. The number of hydrogen-bond acceptors (Lipinski definition) is 6. The second-order valence-electron chi connectivity index (χ2n) is 12.7. The smallest absolute Gasteiger partial charge is 0.206 e. The van der Waals surface area contributed by atoms with Gasteiger partial charge in [-0.25, -0.2) is 17.2 Å². The predicted octanol–water partition coefficient (Wildman–Crippen LogP) is 12.4. The van der Waals surface area contributed by atoms with Gasteiger partial charge in [-0.2, -0.15) is 8.78 Å². The first-order valence-corrected chi connectivity index (χ1v) is 18.7. The molecule has 0 fully saturated rings. The zero-order valence-corrected chi connectivity index (χ0v) is 31.0. The maximum atomic E-state index is 14.3. The number of rotatable bonds is 11. The summed E-state index contributed by atoms with van der Waals surface area (Å²) in [5.74, 6) is -4.64. The molecule has 0 aliphatic rings. The topological polar surface area (TPSA) is 71.1 Å². The van der Waals surface area contributed by atoms with E-state index in [1.165, 1.54) is 30.3 Å². The first-order valence-electron chi connectivity index (χ1n) is 17.2. The van der Waals surface area contributed by atoms with Crippen LogP contribution in [0.2, 0.25) is 0 Å². The second kappa shape index (κ2) is 15.6. The van der Waals surface area contributed by atoms with Gasteiger partial charge in [0.1, 0.15) is 34.5 Å². The van der Waals surface area contributed by atoms with Crippen LogP contribution < -0.4 is 18.9 Å². The van der Waals surface area contributed by atoms with Crippen molar-refractivity contribution in [2.75, 3.05) is 7.11 Å². The molecular formula is C45H32F4O6S. The van der Waals surface area contributed by atoms with Gasteiger partial charge in [-0.1, -0.05) is 48.5 Å². The summed E-state index contributed by atoms with van der Waals surface area (Å²) in [5, 5.41) is 0. The number of aryl methyl sites for hydroxylation is 1. The van der Waals surface area contributed by atoms with E-state index < -0.39 is 44.4 Å². The van der Waals surface area contributed by atoms with Gasteiger partial charge in [-0.3, -0.25) is 0 Å². The van der Waals surface area contributed by atoms with Crippen LogP contribution in [0.1, 0.15) is 11.1 Å². The van der Waals surface area contributed by atoms with Crippen molar-refractivity contribution < 1.29 is 44.9 Å². The molecule has 0 aliphatic heterocycles. The highest BCUT2D eigenvalue weighted by Crippen LogP contribution is 2.36. The Labute approximate surface area is 321 Å². The number of methoxy groups -OCH3 is 1. The van der Waals surface area contributed by atoms with Crippen LogP contribution in [0.3, 0.4) is 0 Å². The minimum Gasteiger partial charge on any atom is -0.497 e. The minimum absolute atomic E-state index is 0.0237. The molecule has 0 atom stereocenters. The zero-order valence-electron chi connectivity index (χ0n) is 30.1. The van der Waals surface area contributed by atoms with Gasteiger partial charge < -0.3 is 18.9 Å². The summed E-state index contributed by atoms with van der Waals surface area (Å²) in [6.07, 6.45) is 0. The molecule has 0 unspecified atom stereocenters. The van der Waals surface area contributed by atoms with Crippen molar-refractivity contribution in [2.24, 2.45) is 0 Å². The SMILES string of the molecule is COc1ccc(-c2ccc(Oc3ccc(S(=O)(=O)c4ccc(Oc5ccc(-c6ccc(Oc7c(F)c(F)c(C)c(F)c7F)cc6)cc5)cc4)cc3C)cc2)cc1. The number of sulfone groups is 1. The van der Waals surface area contributed by atoms with E-state index in [4.69, 9.17) is 18.9 Å². The van der Waals surface area contributed by atoms with E-state index in [-0.39, 0.29) is 15.5 Å². The zero-order chi connectivity index (χ0) is 39.6. The van der Waals surface area contributed by atoms with Gasteiger partial charge in [0.25, 0.3) is 0 Å². The highest BCUT2D eigenvalue weighted by Gasteiger charge is 2.25. The van der Waals surface area contributed by atoms with Crippen molar-refractivity contribution in [3.8, 4) is 62.5 Å². The molecule has 0 bridgehead atoms. The third kappa shape index (κ3) is 7.80. The van der Waals surface area contributed by atoms with Gasteiger partial charge in [-0.15, -0.1) is 0 Å². The first kappa shape index (κ1) is 37.7. The van der Waals surface area contributed by atoms with Gasteiger partial charge in [-0.05, 0) is 133 Å². The van der Waals surface area contributed by atoms with E-state index >= 15 is 0 Å². The van der Waals surface area contributed by atoms with Gasteiger partial charge in [0.15, 0.2) is 11.6 Å². The van der Waals surface area contributed by atoms with Crippen LogP contribution in [0.5, 0.6) is 40.2 Å². The molecule has 0 spiro atoms. The Morgan fingerprint density at radius 2 is 0.804 bits per heavy atom. The lowest BCUT2D eigenvalue weighted by atomic mass is 10.1. The largest absolute Gasteiger partial charge is 0.497 e. The fourth-order valence-corrected chi connectivity index (χ4v) is 7.19. The van der Waals surface area contributed by atoms with E-state index in [1.807, 2.05) is 48.5 Å². The van der Waals surface area contributed by atoms with E-state index in [9.17, 15) is 26.0 Å². The molecule has 0 heterocycles. The summed E-state index contributed by atoms with van der Waals surface area (Å²) in [4.78, 5) is 0.219. The highest BCUT2D eigenvalue weighted by molar-refractivity contribution is 7.91. The molecule has 6 nitrogen and oxygen atoms in total. The molecule has 282 valence electrons. The molecule has 0 N–H and O–H groups in total. The van der Waals surface area contributed by atoms with Crippen molar-refractivity contribution in [3.05, 3.63) is 174 Å². The van der Waals surface area contributed by atoms with Crippen LogP contribution in [0, 0.1) is 37.1 Å². The van der Waals surface area contributed by atoms with Crippen molar-refractivity contribution in [3.63, 3.8) is 0 Å². The Morgan fingerprint density at radius 1 is 0.429 bits per heavy atom. The predicted molar refractivity (Wildman–Crippen MR) is 205 cm³/mol. The average Bonchev–Trinajstić information content (AvgIpc) is 3.22. The molecule has 0 amide bonds. The lowest BCUT2D eigenvalue weighted by molar-refractivity contribution is 0.362. The highest BCUT2D eigenvalue weighted by atomic mass is 32.2. The van der Waals surface area contributed by atoms with Crippen LogP contribution in [-0.4, -0.2) is 15.5 Å². The second-order valence-corrected chi connectivity index (χ2v) is 14.7. The number of ether oxygens (including phenoxy) is 4. The number of hydrogen-bond donors (Lipinski definition) is 0. The van der Waals surface area contributed by atoms with Crippen molar-refractivity contribution in [2.45, 2.75) is 23.6 Å². The fourth-order valence-electron chi connectivity index (χ4n) is 5.85. The molecular weight excluding hydrogens is 745 g/mol. The fraction of sp³-hybridized carbons (Fsp3) is 0.0667. The van der Waals surface area contributed by atoms with Crippen LogP contribution >= 0.6 is 0 Å². The minimum atomic E-state index is -3.85. The van der Waals surface area contributed by atoms with E-state index in [1.54, 1.807) is 74.7 Å². The summed E-state index contributed by atoms with van der Waals surface area (Å²) >= 11 is 0. The van der Waals surface area contributed by atoms with E-state index in [0.29, 0.717) is 28.6 Å². The summed E-state index contributed by atoms with van der Waals surface area (Å²) in [6, 6.07) is 39.2. The van der Waals surface area contributed by atoms with Gasteiger partial charge in [0.05, 0.1) is 16.9 Å². The molecule has 11 heteroatoms. The Balaban J connectivity index is 0.970. The summed E-state index contributed by atoms with van der Waals surface area (Å²) in [7, 11) is -2.22. The molecule has 56 heavy (non-hydrogen) atoms. The van der Waals surface area contributed by atoms with Gasteiger partial charge in [0, 0.05) is 5.56 Å². The lowest BCUT2D eigenvalue weighted by Crippen LogP contribution is -2.03. The van der Waals surface area contributed by atoms with Crippen LogP contribution in [0.15, 0.2) is 149 Å². The number of benzene rings is 7. The molecule has 7 aromatic carbocycles. The molecule has 0 saturated heterocycles. The lowest BCUT2D eigenvalue weighted by Gasteiger charge is -2.12. The molecule has 0 aromatic heterocycles. The summed E-state index contributed by atoms with van der Waals surface area (Å²) in [6.45, 7) is 2.72. The molecule has 0 saturated carbocycles. The Morgan fingerprint density at radius 3 is 1.23 bits per heavy atom. The third-order valence-electron chi connectivity index (χ3n) is 9.04. The standard InChI is InChI=1S/C45H32F4O6S/c1-27-26-39(24-25-40(27)54-36-16-8-31(9-17-36)29-4-12-33(52-3)13-5-29)56(50,51)38-22-20-35(21-23-38)53-34-14-6-30(7-15-34)32-10-18-37(19-11-32)55-45-43(48)41(46)28(2)42(47)44(45)49/h4-26H,1-3H3. The first-order chi connectivity index (χ1) is 26.9. The van der Waals surface area contributed by atoms with Crippen LogP contribution in [0.25, 0.3) is 22.3 Å². The van der Waals surface area contributed by atoms with Gasteiger partial charge in [0.2, 0.25) is 27.2 Å². The molecule has 0 aliphatic carbocycles. The van der Waals surface area contributed by atoms with E-state index in [2.05, 4.69) is 0 Å². The maximum absolute atomic E-state index is 14.3. The normalized spacial score (nSPS) is 11.3. The van der Waals surface area contributed by atoms with E-state index in [0.717, 1.165) is 34.9 Å². The Hall–Kier alpha value is -6.59. The average molecular weight is 777 g/mol. The van der Waals surface area contributed by atoms with Crippen LogP contribution in [-0.2, 0) is 9.84 Å². The van der Waals surface area contributed by atoms with Crippen LogP contribution in [0.4, 0.5) is 17.6 Å². The summed E-state index contributed by atoms with van der Waals surface area (Å²) in [5.41, 5.74) is 3.41.